The number of carbonyl (C=O) groups is 2. The van der Waals surface area contributed by atoms with Crippen molar-refractivity contribution in [3.05, 3.63) is 65.7 Å². The summed E-state index contributed by atoms with van der Waals surface area (Å²) in [6, 6.07) is 16.6. The van der Waals surface area contributed by atoms with Gasteiger partial charge in [-0.2, -0.15) is 5.10 Å². The molecule has 2 fully saturated rings. The summed E-state index contributed by atoms with van der Waals surface area (Å²) in [6.45, 7) is 1.61. The first-order valence-electron chi connectivity index (χ1n) is 11.2. The molecule has 32 heavy (non-hydrogen) atoms. The molecule has 1 unspecified atom stereocenters. The molecule has 1 N–H and O–H groups in total. The minimum absolute atomic E-state index is 0.215. The topological polar surface area (TPSA) is 82.4 Å². The number of anilines is 1. The van der Waals surface area contributed by atoms with Crippen molar-refractivity contribution in [3.63, 3.8) is 0 Å². The number of benzene rings is 2. The van der Waals surface area contributed by atoms with Gasteiger partial charge in [-0.25, -0.2) is 9.80 Å². The molecule has 2 saturated carbocycles. The number of para-hydroxylation sites is 1. The SMILES string of the molecule is CCOC(=O)CN1N=C(c2ccccc2)c2ccccc2N(C2(O)CC23CCCC3)C1=O. The number of hydrogen-bond acceptors (Lipinski definition) is 5. The van der Waals surface area contributed by atoms with Crippen molar-refractivity contribution in [2.75, 3.05) is 18.1 Å². The number of ether oxygens (including phenoxy) is 1. The Hall–Kier alpha value is -3.19. The second-order valence-corrected chi connectivity index (χ2v) is 8.79. The molecule has 0 bridgehead atoms. The van der Waals surface area contributed by atoms with Crippen LogP contribution in [0.3, 0.4) is 0 Å². The number of fused-ring (bicyclic) bond motifs is 1. The largest absolute Gasteiger partial charge is 0.465 e. The maximum Gasteiger partial charge on any atom is 0.347 e. The lowest BCUT2D eigenvalue weighted by Gasteiger charge is -2.33. The lowest BCUT2D eigenvalue weighted by Crippen LogP contribution is -2.51. The van der Waals surface area contributed by atoms with Crippen LogP contribution >= 0.6 is 0 Å². The van der Waals surface area contributed by atoms with Crippen LogP contribution in [-0.2, 0) is 9.53 Å². The highest BCUT2D eigenvalue weighted by Crippen LogP contribution is 2.67. The Morgan fingerprint density at radius 2 is 1.78 bits per heavy atom. The third-order valence-electron chi connectivity index (χ3n) is 6.90. The number of amides is 2. The zero-order chi connectivity index (χ0) is 22.3. The fourth-order valence-electron chi connectivity index (χ4n) is 5.28. The summed E-state index contributed by atoms with van der Waals surface area (Å²) in [4.78, 5) is 27.6. The average Bonchev–Trinajstić information content (AvgIpc) is 3.13. The van der Waals surface area contributed by atoms with Gasteiger partial charge >= 0.3 is 12.0 Å². The number of urea groups is 1. The Morgan fingerprint density at radius 3 is 2.50 bits per heavy atom. The molecule has 2 aromatic carbocycles. The highest BCUT2D eigenvalue weighted by molar-refractivity contribution is 6.19. The average molecular weight is 434 g/mol. The normalized spacial score (nSPS) is 23.6. The predicted molar refractivity (Wildman–Crippen MR) is 120 cm³/mol. The van der Waals surface area contributed by atoms with Gasteiger partial charge in [0.2, 0.25) is 0 Å². The summed E-state index contributed by atoms with van der Waals surface area (Å²) in [5.74, 6) is -0.540. The van der Waals surface area contributed by atoms with Crippen LogP contribution in [0.4, 0.5) is 10.5 Å². The summed E-state index contributed by atoms with van der Waals surface area (Å²) in [7, 11) is 0. The van der Waals surface area contributed by atoms with Gasteiger partial charge in [0.25, 0.3) is 0 Å². The van der Waals surface area contributed by atoms with Crippen LogP contribution in [0.5, 0.6) is 0 Å². The van der Waals surface area contributed by atoms with Gasteiger partial charge in [-0.15, -0.1) is 0 Å². The van der Waals surface area contributed by atoms with Crippen LogP contribution < -0.4 is 4.90 Å². The molecule has 2 amide bonds. The monoisotopic (exact) mass is 433 g/mol. The van der Waals surface area contributed by atoms with E-state index in [2.05, 4.69) is 5.10 Å². The first-order valence-corrected chi connectivity index (χ1v) is 11.2. The van der Waals surface area contributed by atoms with Crippen LogP contribution in [0.2, 0.25) is 0 Å². The second-order valence-electron chi connectivity index (χ2n) is 8.79. The van der Waals surface area contributed by atoms with Gasteiger partial charge in [-0.1, -0.05) is 61.4 Å². The zero-order valence-electron chi connectivity index (χ0n) is 18.2. The number of nitrogens with zero attached hydrogens (tertiary/aromatic N) is 3. The fourth-order valence-corrected chi connectivity index (χ4v) is 5.28. The summed E-state index contributed by atoms with van der Waals surface area (Å²) in [6.07, 6.45) is 4.40. The van der Waals surface area contributed by atoms with E-state index in [4.69, 9.17) is 4.74 Å². The molecule has 1 aliphatic heterocycles. The first-order chi connectivity index (χ1) is 15.5. The molecule has 3 aliphatic rings. The van der Waals surface area contributed by atoms with Crippen LogP contribution in [-0.4, -0.2) is 46.7 Å². The molecular weight excluding hydrogens is 406 g/mol. The standard InChI is InChI=1S/C25H27N3O4/c1-2-32-21(29)16-27-23(30)28(25(31)17-24(25)14-8-9-15-24)20-13-7-6-12-19(20)22(26-27)18-10-4-3-5-11-18/h3-7,10-13,31H,2,8-9,14-17H2,1H3. The highest BCUT2D eigenvalue weighted by Gasteiger charge is 2.72. The van der Waals surface area contributed by atoms with Crippen molar-refractivity contribution >= 4 is 23.4 Å². The van der Waals surface area contributed by atoms with Gasteiger partial charge in [0, 0.05) is 23.0 Å². The molecule has 1 atom stereocenters. The third-order valence-corrected chi connectivity index (χ3v) is 6.90. The molecule has 166 valence electrons. The van der Waals surface area contributed by atoms with Crippen molar-refractivity contribution in [1.29, 1.82) is 0 Å². The number of aliphatic hydroxyl groups is 1. The van der Waals surface area contributed by atoms with Gasteiger partial charge in [0.15, 0.2) is 5.72 Å². The van der Waals surface area contributed by atoms with E-state index in [0.717, 1.165) is 41.8 Å². The summed E-state index contributed by atoms with van der Waals surface area (Å²) in [5.41, 5.74) is 1.17. The number of rotatable bonds is 5. The van der Waals surface area contributed by atoms with Gasteiger partial charge < -0.3 is 9.84 Å². The van der Waals surface area contributed by atoms with Crippen LogP contribution in [0.15, 0.2) is 59.7 Å². The number of esters is 1. The Balaban J connectivity index is 1.65. The molecule has 7 heteroatoms. The molecular formula is C25H27N3O4. The third kappa shape index (κ3) is 3.19. The van der Waals surface area contributed by atoms with Gasteiger partial charge in [-0.05, 0) is 25.8 Å². The van der Waals surface area contributed by atoms with E-state index in [1.807, 2.05) is 54.6 Å². The Bertz CT molecular complexity index is 1080. The Kier molecular flexibility index (Phi) is 5.01. The smallest absolute Gasteiger partial charge is 0.347 e. The molecule has 1 spiro atoms. The van der Waals surface area contributed by atoms with Gasteiger partial charge in [0.05, 0.1) is 12.3 Å². The van der Waals surface area contributed by atoms with E-state index in [1.54, 1.807) is 6.92 Å². The van der Waals surface area contributed by atoms with Crippen molar-refractivity contribution in [3.8, 4) is 0 Å². The summed E-state index contributed by atoms with van der Waals surface area (Å²) >= 11 is 0. The van der Waals surface area contributed by atoms with E-state index < -0.39 is 17.7 Å². The molecule has 7 nitrogen and oxygen atoms in total. The number of hydrazone groups is 1. The zero-order valence-corrected chi connectivity index (χ0v) is 18.2. The van der Waals surface area contributed by atoms with E-state index in [1.165, 1.54) is 4.90 Å². The predicted octanol–water partition coefficient (Wildman–Crippen LogP) is 3.90. The lowest BCUT2D eigenvalue weighted by atomic mass is 9.98. The minimum atomic E-state index is -1.29. The van der Waals surface area contributed by atoms with Crippen molar-refractivity contribution in [2.24, 2.45) is 10.5 Å². The Morgan fingerprint density at radius 1 is 1.09 bits per heavy atom. The summed E-state index contributed by atoms with van der Waals surface area (Å²) in [5, 5.41) is 17.6. The van der Waals surface area contributed by atoms with E-state index in [-0.39, 0.29) is 18.6 Å². The molecule has 1 heterocycles. The van der Waals surface area contributed by atoms with E-state index in [9.17, 15) is 14.7 Å². The minimum Gasteiger partial charge on any atom is -0.465 e. The van der Waals surface area contributed by atoms with Crippen molar-refractivity contribution < 1.29 is 19.4 Å². The summed E-state index contributed by atoms with van der Waals surface area (Å²) < 4.78 is 5.10. The first kappa shape index (κ1) is 20.7. The number of hydrogen-bond donors (Lipinski definition) is 1. The maximum atomic E-state index is 13.8. The van der Waals surface area contributed by atoms with E-state index in [0.29, 0.717) is 17.8 Å². The van der Waals surface area contributed by atoms with Crippen LogP contribution in [0.25, 0.3) is 0 Å². The maximum absolute atomic E-state index is 13.8. The Labute approximate surface area is 187 Å². The molecule has 0 saturated heterocycles. The second kappa shape index (κ2) is 7.74. The van der Waals surface area contributed by atoms with Crippen molar-refractivity contribution in [2.45, 2.75) is 44.8 Å². The van der Waals surface area contributed by atoms with Crippen LogP contribution in [0.1, 0.15) is 50.2 Å². The highest BCUT2D eigenvalue weighted by atomic mass is 16.5. The fraction of sp³-hybridized carbons (Fsp3) is 0.400. The molecule has 5 rings (SSSR count). The molecule has 2 aromatic rings. The molecule has 0 aromatic heterocycles. The molecule has 0 radical (unpaired) electrons. The van der Waals surface area contributed by atoms with Crippen molar-refractivity contribution in [1.82, 2.24) is 5.01 Å². The molecule has 2 aliphatic carbocycles. The van der Waals surface area contributed by atoms with E-state index >= 15 is 0 Å². The van der Waals surface area contributed by atoms with Gasteiger partial charge in [-0.3, -0.25) is 9.69 Å². The lowest BCUT2D eigenvalue weighted by molar-refractivity contribution is -0.143. The number of carbonyl (C=O) groups excluding carboxylic acids is 2. The quantitative estimate of drug-likeness (QED) is 0.725. The van der Waals surface area contributed by atoms with Crippen LogP contribution in [0, 0.1) is 5.41 Å². The van der Waals surface area contributed by atoms with Gasteiger partial charge in [0.1, 0.15) is 12.3 Å².